The van der Waals surface area contributed by atoms with E-state index in [2.05, 4.69) is 6.92 Å². The molecule has 0 unspecified atom stereocenters. The third-order valence-corrected chi connectivity index (χ3v) is 6.54. The second-order valence-corrected chi connectivity index (χ2v) is 9.36. The molecule has 4 heteroatoms. The van der Waals surface area contributed by atoms with Gasteiger partial charge in [0, 0.05) is 5.56 Å². The normalized spacial score (nSPS) is 11.8. The highest BCUT2D eigenvalue weighted by molar-refractivity contribution is 5.76. The van der Waals surface area contributed by atoms with Gasteiger partial charge in [0.2, 0.25) is 0 Å². The van der Waals surface area contributed by atoms with Crippen molar-refractivity contribution < 1.29 is 17.6 Å². The fourth-order valence-electron chi connectivity index (χ4n) is 4.39. The van der Waals surface area contributed by atoms with Crippen molar-refractivity contribution in [3.63, 3.8) is 0 Å². The van der Waals surface area contributed by atoms with Gasteiger partial charge in [-0.3, -0.25) is 0 Å². The smallest absolute Gasteiger partial charge is 0.206 e. The Kier molecular flexibility index (Phi) is 8.27. The lowest BCUT2D eigenvalue weighted by molar-refractivity contribution is -0.140. The first-order valence-electron chi connectivity index (χ1n) is 12.6. The van der Waals surface area contributed by atoms with Gasteiger partial charge in [-0.2, -0.15) is 13.2 Å². The summed E-state index contributed by atoms with van der Waals surface area (Å²) >= 11 is 0. The van der Waals surface area contributed by atoms with Crippen LogP contribution in [0.4, 0.5) is 17.6 Å². The molecule has 37 heavy (non-hydrogen) atoms. The first-order valence-corrected chi connectivity index (χ1v) is 12.6. The van der Waals surface area contributed by atoms with Crippen LogP contribution in [0.25, 0.3) is 34.4 Å². The predicted octanol–water partition coefficient (Wildman–Crippen LogP) is 10.4. The fourth-order valence-corrected chi connectivity index (χ4v) is 4.39. The zero-order chi connectivity index (χ0) is 26.4. The van der Waals surface area contributed by atoms with E-state index >= 15 is 4.39 Å². The van der Waals surface area contributed by atoms with E-state index in [0.29, 0.717) is 5.56 Å². The van der Waals surface area contributed by atoms with Crippen LogP contribution < -0.4 is 0 Å². The summed E-state index contributed by atoms with van der Waals surface area (Å²) in [5.74, 6) is -1.26. The van der Waals surface area contributed by atoms with Crippen LogP contribution in [0.2, 0.25) is 0 Å². The maximum absolute atomic E-state index is 15.4. The number of alkyl halides is 3. The van der Waals surface area contributed by atoms with E-state index in [1.807, 2.05) is 55.5 Å². The quantitative estimate of drug-likeness (QED) is 0.128. The number of halogens is 4. The lowest BCUT2D eigenvalue weighted by Gasteiger charge is -2.15. The maximum atomic E-state index is 15.4. The van der Waals surface area contributed by atoms with Gasteiger partial charge in [-0.25, -0.2) is 4.39 Å². The second kappa shape index (κ2) is 11.6. The molecule has 0 aromatic heterocycles. The second-order valence-electron chi connectivity index (χ2n) is 9.36. The predicted molar refractivity (Wildman–Crippen MR) is 146 cm³/mol. The summed E-state index contributed by atoms with van der Waals surface area (Å²) in [6, 6.07) is 25.4. The van der Waals surface area contributed by atoms with Gasteiger partial charge in [-0.05, 0) is 53.1 Å². The van der Waals surface area contributed by atoms with Crippen LogP contribution in [0.5, 0.6) is 0 Å². The van der Waals surface area contributed by atoms with Crippen molar-refractivity contribution in [3.05, 3.63) is 119 Å². The number of rotatable bonds is 8. The van der Waals surface area contributed by atoms with E-state index in [0.717, 1.165) is 41.5 Å². The molecule has 0 nitrogen and oxygen atoms in total. The molecule has 190 valence electrons. The molecule has 0 spiro atoms. The summed E-state index contributed by atoms with van der Waals surface area (Å²) in [5.41, 5.74) is 3.88. The highest BCUT2D eigenvalue weighted by Crippen LogP contribution is 2.39. The summed E-state index contributed by atoms with van der Waals surface area (Å²) in [6.45, 7) is 4.15. The summed E-state index contributed by atoms with van der Waals surface area (Å²) < 4.78 is 57.3. The molecule has 0 N–H and O–H groups in total. The zero-order valence-electron chi connectivity index (χ0n) is 21.1. The summed E-state index contributed by atoms with van der Waals surface area (Å²) in [5, 5.41) is 0. The molecule has 4 rings (SSSR count). The van der Waals surface area contributed by atoms with Crippen molar-refractivity contribution in [2.45, 2.75) is 45.7 Å². The Bertz CT molecular complexity index is 1340. The Morgan fingerprint density at radius 2 is 1.27 bits per heavy atom. The first-order chi connectivity index (χ1) is 17.8. The molecule has 0 aliphatic carbocycles. The number of unbranched alkanes of at least 4 members (excludes halogenated alkanes) is 2. The molecular formula is C33H30F4. The zero-order valence-corrected chi connectivity index (χ0v) is 21.1. The minimum absolute atomic E-state index is 0.0728. The molecule has 4 aromatic rings. The highest BCUT2D eigenvalue weighted by Gasteiger charge is 2.37. The van der Waals surface area contributed by atoms with Crippen molar-refractivity contribution in [2.75, 3.05) is 0 Å². The van der Waals surface area contributed by atoms with Crippen LogP contribution in [-0.2, 0) is 12.6 Å². The van der Waals surface area contributed by atoms with Crippen molar-refractivity contribution in [2.24, 2.45) is 0 Å². The average Bonchev–Trinajstić information content (AvgIpc) is 2.88. The van der Waals surface area contributed by atoms with Crippen LogP contribution in [0.3, 0.4) is 0 Å². The summed E-state index contributed by atoms with van der Waals surface area (Å²) in [6.07, 6.45) is 2.51. The van der Waals surface area contributed by atoms with Gasteiger partial charge in [0.15, 0.2) is 0 Å². The minimum Gasteiger partial charge on any atom is -0.206 e. The van der Waals surface area contributed by atoms with Gasteiger partial charge in [0.05, 0.1) is 5.56 Å². The van der Waals surface area contributed by atoms with E-state index < -0.39 is 17.6 Å². The van der Waals surface area contributed by atoms with E-state index in [4.69, 9.17) is 0 Å². The number of hydrogen-bond acceptors (Lipinski definition) is 0. The highest BCUT2D eigenvalue weighted by atomic mass is 19.4. The van der Waals surface area contributed by atoms with Crippen molar-refractivity contribution in [1.82, 2.24) is 0 Å². The summed E-state index contributed by atoms with van der Waals surface area (Å²) in [4.78, 5) is 0. The van der Waals surface area contributed by atoms with Crippen molar-refractivity contribution >= 4 is 12.2 Å². The van der Waals surface area contributed by atoms with Crippen molar-refractivity contribution in [1.29, 1.82) is 0 Å². The van der Waals surface area contributed by atoms with Gasteiger partial charge in [-0.15, -0.1) is 0 Å². The first kappa shape index (κ1) is 26.4. The van der Waals surface area contributed by atoms with Crippen LogP contribution in [0.15, 0.2) is 84.9 Å². The fraction of sp³-hybridized carbons (Fsp3) is 0.212. The Morgan fingerprint density at radius 3 is 1.86 bits per heavy atom. The molecule has 0 aliphatic heterocycles. The number of benzene rings is 4. The topological polar surface area (TPSA) is 0 Å². The van der Waals surface area contributed by atoms with Gasteiger partial charge >= 0.3 is 6.18 Å². The molecular weight excluding hydrogens is 472 g/mol. The number of hydrogen-bond donors (Lipinski definition) is 0. The molecule has 0 atom stereocenters. The van der Waals surface area contributed by atoms with Crippen LogP contribution in [-0.4, -0.2) is 0 Å². The Morgan fingerprint density at radius 1 is 0.676 bits per heavy atom. The van der Waals surface area contributed by atoms with Crippen LogP contribution in [0.1, 0.15) is 54.0 Å². The van der Waals surface area contributed by atoms with E-state index in [-0.39, 0.29) is 11.1 Å². The lowest BCUT2D eigenvalue weighted by atomic mass is 9.95. The Labute approximate surface area is 216 Å². The minimum atomic E-state index is -4.83. The van der Waals surface area contributed by atoms with E-state index in [1.165, 1.54) is 30.2 Å². The molecule has 0 saturated carbocycles. The molecule has 4 aromatic carbocycles. The van der Waals surface area contributed by atoms with E-state index in [1.54, 1.807) is 30.3 Å². The average molecular weight is 503 g/mol. The molecule has 0 radical (unpaired) electrons. The molecule has 0 heterocycles. The monoisotopic (exact) mass is 502 g/mol. The standard InChI is InChI=1S/C33H30F4/c1-3-4-5-6-24-9-11-25(12-10-24)13-16-29-21-22-30(32(34)31(29)33(35,36)37)28-19-17-27(18-20-28)26-14-7-23(2)8-15-26/h7-22H,3-6H2,1-2H3/b16-13+. The largest absolute Gasteiger partial charge is 0.419 e. The number of aryl methyl sites for hydroxylation is 2. The SMILES string of the molecule is CCCCCc1ccc(/C=C/c2ccc(-c3ccc(-c4ccc(C)cc4)cc3)c(F)c2C(F)(F)F)cc1. The van der Waals surface area contributed by atoms with E-state index in [9.17, 15) is 13.2 Å². The third kappa shape index (κ3) is 6.56. The molecule has 0 saturated heterocycles. The Balaban J connectivity index is 1.60. The third-order valence-electron chi connectivity index (χ3n) is 6.54. The van der Waals surface area contributed by atoms with Gasteiger partial charge in [0.25, 0.3) is 0 Å². The maximum Gasteiger partial charge on any atom is 0.419 e. The molecule has 0 bridgehead atoms. The van der Waals surface area contributed by atoms with Gasteiger partial charge in [-0.1, -0.05) is 122 Å². The lowest BCUT2D eigenvalue weighted by Crippen LogP contribution is -2.11. The van der Waals surface area contributed by atoms with Gasteiger partial charge in [0.1, 0.15) is 5.82 Å². The van der Waals surface area contributed by atoms with Crippen LogP contribution in [0, 0.1) is 12.7 Å². The van der Waals surface area contributed by atoms with Crippen molar-refractivity contribution in [3.8, 4) is 22.3 Å². The Hall–Kier alpha value is -3.66. The molecule has 0 fully saturated rings. The van der Waals surface area contributed by atoms with Gasteiger partial charge < -0.3 is 0 Å². The summed E-state index contributed by atoms with van der Waals surface area (Å²) in [7, 11) is 0. The van der Waals surface area contributed by atoms with Crippen LogP contribution >= 0.6 is 0 Å². The molecule has 0 aliphatic rings. The molecule has 0 amide bonds.